The molecule has 0 spiro atoms. The van der Waals surface area contributed by atoms with E-state index in [9.17, 15) is 35.1 Å². The van der Waals surface area contributed by atoms with Crippen molar-refractivity contribution in [3.05, 3.63) is 24.3 Å². The molecular formula is C57H107NO10. The first kappa shape index (κ1) is 64.2. The lowest BCUT2D eigenvalue weighted by Gasteiger charge is -2.41. The number of rotatable bonds is 48. The third-order valence-corrected chi connectivity index (χ3v) is 13.6. The highest BCUT2D eigenvalue weighted by Gasteiger charge is 2.47. The van der Waals surface area contributed by atoms with Crippen molar-refractivity contribution in [1.82, 2.24) is 5.32 Å². The first-order valence-corrected chi connectivity index (χ1v) is 28.6. The van der Waals surface area contributed by atoms with Crippen molar-refractivity contribution in [2.24, 2.45) is 0 Å². The molecule has 400 valence electrons. The van der Waals surface area contributed by atoms with Crippen LogP contribution in [0.5, 0.6) is 0 Å². The molecule has 0 aromatic rings. The fraction of sp³-hybridized carbons (Fsp3) is 0.895. The summed E-state index contributed by atoms with van der Waals surface area (Å²) >= 11 is 0. The highest BCUT2D eigenvalue weighted by atomic mass is 16.7. The normalized spacial score (nSPS) is 20.0. The Balaban J connectivity index is 2.74. The maximum atomic E-state index is 13.3. The molecule has 1 amide bonds. The molecule has 1 rings (SSSR count). The zero-order chi connectivity index (χ0) is 49.7. The molecule has 1 aliphatic rings. The maximum Gasteiger partial charge on any atom is 0.306 e. The average molecular weight is 966 g/mol. The SMILES string of the molecule is CCCCCCCC/C=C\CCCCC(O)C(=O)NC(COC1OC(CO)C(O)C(O)C1OC(=O)CCCCCCCCCCCCCCCCC)C(O)/C=C/CCCCCCCCCCCC. The minimum absolute atomic E-state index is 0.127. The van der Waals surface area contributed by atoms with Gasteiger partial charge in [-0.25, -0.2) is 0 Å². The quantitative estimate of drug-likeness (QED) is 0.0196. The van der Waals surface area contributed by atoms with Gasteiger partial charge in [0.2, 0.25) is 5.91 Å². The Morgan fingerprint density at radius 1 is 0.559 bits per heavy atom. The van der Waals surface area contributed by atoms with Crippen LogP contribution in [0.1, 0.15) is 265 Å². The van der Waals surface area contributed by atoms with Crippen molar-refractivity contribution in [2.75, 3.05) is 13.2 Å². The van der Waals surface area contributed by atoms with Gasteiger partial charge >= 0.3 is 5.97 Å². The van der Waals surface area contributed by atoms with Crippen LogP contribution in [0.15, 0.2) is 24.3 Å². The van der Waals surface area contributed by atoms with Crippen LogP contribution < -0.4 is 5.32 Å². The topological polar surface area (TPSA) is 175 Å². The molecule has 1 fully saturated rings. The van der Waals surface area contributed by atoms with Crippen LogP contribution in [0.3, 0.4) is 0 Å². The van der Waals surface area contributed by atoms with Crippen molar-refractivity contribution in [3.8, 4) is 0 Å². The summed E-state index contributed by atoms with van der Waals surface area (Å²) in [6.45, 7) is 5.76. The van der Waals surface area contributed by atoms with Gasteiger partial charge in [-0.3, -0.25) is 9.59 Å². The summed E-state index contributed by atoms with van der Waals surface area (Å²) in [5, 5.41) is 56.7. The molecular weight excluding hydrogens is 859 g/mol. The van der Waals surface area contributed by atoms with E-state index < -0.39 is 67.4 Å². The summed E-state index contributed by atoms with van der Waals surface area (Å²) in [6, 6.07) is -1.03. The first-order chi connectivity index (χ1) is 33.2. The largest absolute Gasteiger partial charge is 0.454 e. The molecule has 0 aromatic heterocycles. The number of ether oxygens (including phenoxy) is 3. The fourth-order valence-electron chi connectivity index (χ4n) is 9.00. The van der Waals surface area contributed by atoms with Crippen molar-refractivity contribution in [1.29, 1.82) is 0 Å². The molecule has 1 saturated heterocycles. The van der Waals surface area contributed by atoms with E-state index in [1.807, 2.05) is 6.08 Å². The average Bonchev–Trinajstić information content (AvgIpc) is 3.33. The Kier molecular flexibility index (Phi) is 43.6. The van der Waals surface area contributed by atoms with Crippen LogP contribution in [0.4, 0.5) is 0 Å². The minimum atomic E-state index is -1.61. The number of esters is 1. The second-order valence-electron chi connectivity index (χ2n) is 20.0. The van der Waals surface area contributed by atoms with Gasteiger partial charge in [0.25, 0.3) is 0 Å². The van der Waals surface area contributed by atoms with Crippen LogP contribution in [-0.4, -0.2) is 99.6 Å². The van der Waals surface area contributed by atoms with Gasteiger partial charge in [0.15, 0.2) is 12.4 Å². The molecule has 1 heterocycles. The number of carbonyl (C=O) groups is 2. The van der Waals surface area contributed by atoms with Gasteiger partial charge in [-0.2, -0.15) is 0 Å². The molecule has 0 radical (unpaired) electrons. The van der Waals surface area contributed by atoms with Gasteiger partial charge in [0, 0.05) is 6.42 Å². The number of hydrogen-bond acceptors (Lipinski definition) is 10. The van der Waals surface area contributed by atoms with Crippen LogP contribution >= 0.6 is 0 Å². The predicted molar refractivity (Wildman–Crippen MR) is 278 cm³/mol. The van der Waals surface area contributed by atoms with Gasteiger partial charge in [-0.05, 0) is 51.4 Å². The summed E-state index contributed by atoms with van der Waals surface area (Å²) in [4.78, 5) is 26.4. The van der Waals surface area contributed by atoms with Gasteiger partial charge in [-0.15, -0.1) is 0 Å². The molecule has 1 aliphatic heterocycles. The van der Waals surface area contributed by atoms with E-state index >= 15 is 0 Å². The van der Waals surface area contributed by atoms with E-state index in [0.717, 1.165) is 57.8 Å². The summed E-state index contributed by atoms with van der Waals surface area (Å²) < 4.78 is 17.6. The minimum Gasteiger partial charge on any atom is -0.454 e. The van der Waals surface area contributed by atoms with Crippen molar-refractivity contribution >= 4 is 11.9 Å². The van der Waals surface area contributed by atoms with Gasteiger partial charge in [-0.1, -0.05) is 231 Å². The Hall–Kier alpha value is -1.86. The lowest BCUT2D eigenvalue weighted by Crippen LogP contribution is -2.61. The first-order valence-electron chi connectivity index (χ1n) is 28.6. The smallest absolute Gasteiger partial charge is 0.306 e. The number of nitrogens with one attached hydrogen (secondary N) is 1. The molecule has 8 atom stereocenters. The standard InChI is InChI=1S/C57H107NO10/c1-4-7-10-13-16-19-22-25-26-27-30-33-36-39-42-45-52(62)68-55-54(64)53(63)51(46-59)67-57(55)66-47-48(49(60)43-40-37-34-31-28-23-20-17-14-11-8-5-2)58-56(65)50(61)44-41-38-35-32-29-24-21-18-15-12-9-6-3/h29,32,40,43,48-51,53-55,57,59-61,63-64H,4-28,30-31,33-39,41-42,44-47H2,1-3H3,(H,58,65)/b32-29-,43-40+. The van der Waals surface area contributed by atoms with Crippen LogP contribution in [0.2, 0.25) is 0 Å². The Labute approximate surface area is 416 Å². The van der Waals surface area contributed by atoms with Gasteiger partial charge in [0.05, 0.1) is 25.4 Å². The molecule has 68 heavy (non-hydrogen) atoms. The van der Waals surface area contributed by atoms with E-state index in [1.54, 1.807) is 6.08 Å². The third-order valence-electron chi connectivity index (χ3n) is 13.6. The maximum absolute atomic E-state index is 13.3. The number of aliphatic hydroxyl groups is 5. The van der Waals surface area contributed by atoms with E-state index in [2.05, 4.69) is 38.2 Å². The zero-order valence-corrected chi connectivity index (χ0v) is 44.0. The second kappa shape index (κ2) is 46.2. The number of hydrogen-bond donors (Lipinski definition) is 6. The van der Waals surface area contributed by atoms with Gasteiger partial charge < -0.3 is 45.1 Å². The van der Waals surface area contributed by atoms with E-state index in [0.29, 0.717) is 12.8 Å². The van der Waals surface area contributed by atoms with Crippen molar-refractivity contribution in [3.63, 3.8) is 0 Å². The fourth-order valence-corrected chi connectivity index (χ4v) is 9.00. The summed E-state index contributed by atoms with van der Waals surface area (Å²) in [5.41, 5.74) is 0. The number of unbranched alkanes of at least 4 members (excludes halogenated alkanes) is 32. The zero-order valence-electron chi connectivity index (χ0n) is 44.0. The van der Waals surface area contributed by atoms with Crippen molar-refractivity contribution < 1.29 is 49.3 Å². The molecule has 11 heteroatoms. The monoisotopic (exact) mass is 966 g/mol. The van der Waals surface area contributed by atoms with Gasteiger partial charge in [0.1, 0.15) is 24.4 Å². The molecule has 8 unspecified atom stereocenters. The molecule has 0 bridgehead atoms. The van der Waals surface area contributed by atoms with Crippen LogP contribution in [-0.2, 0) is 23.8 Å². The summed E-state index contributed by atoms with van der Waals surface area (Å²) in [5.74, 6) is -1.20. The highest BCUT2D eigenvalue weighted by molar-refractivity contribution is 5.80. The van der Waals surface area contributed by atoms with E-state index in [-0.39, 0.29) is 19.4 Å². The Morgan fingerprint density at radius 3 is 1.43 bits per heavy atom. The molecule has 0 saturated carbocycles. The Morgan fingerprint density at radius 2 is 0.971 bits per heavy atom. The molecule has 6 N–H and O–H groups in total. The number of carbonyl (C=O) groups excluding carboxylic acids is 2. The molecule has 0 aromatic carbocycles. The predicted octanol–water partition coefficient (Wildman–Crippen LogP) is 12.6. The van der Waals surface area contributed by atoms with E-state index in [1.165, 1.54) is 161 Å². The van der Waals surface area contributed by atoms with Crippen LogP contribution in [0, 0.1) is 0 Å². The Bertz CT molecular complexity index is 1200. The molecule has 11 nitrogen and oxygen atoms in total. The molecule has 0 aliphatic carbocycles. The lowest BCUT2D eigenvalue weighted by atomic mass is 9.99. The lowest BCUT2D eigenvalue weighted by molar-refractivity contribution is -0.305. The number of amides is 1. The number of aliphatic hydroxyl groups excluding tert-OH is 5. The van der Waals surface area contributed by atoms with Crippen LogP contribution in [0.25, 0.3) is 0 Å². The summed E-state index contributed by atoms with van der Waals surface area (Å²) in [7, 11) is 0. The van der Waals surface area contributed by atoms with E-state index in [4.69, 9.17) is 14.2 Å². The third kappa shape index (κ3) is 34.5. The highest BCUT2D eigenvalue weighted by Crippen LogP contribution is 2.26. The van der Waals surface area contributed by atoms with Crippen molar-refractivity contribution in [2.45, 2.75) is 314 Å². The number of allylic oxidation sites excluding steroid dienone is 3. The second-order valence-corrected chi connectivity index (χ2v) is 20.0. The summed E-state index contributed by atoms with van der Waals surface area (Å²) in [6.07, 6.45) is 40.8.